The van der Waals surface area contributed by atoms with Crippen molar-refractivity contribution < 1.29 is 25.8 Å². The maximum absolute atomic E-state index is 6.68. The fraction of sp³-hybridized carbons (Fsp3) is 0.0714. The molecule has 1 aliphatic heterocycles. The van der Waals surface area contributed by atoms with Crippen molar-refractivity contribution in [3.05, 3.63) is 213 Å². The molecule has 62 heavy (non-hydrogen) atoms. The number of fused-ring (bicyclic) bond motifs is 6. The van der Waals surface area contributed by atoms with Crippen molar-refractivity contribution in [2.75, 3.05) is 9.80 Å². The van der Waals surface area contributed by atoms with Gasteiger partial charge in [0.1, 0.15) is 5.82 Å². The molecule has 5 nitrogen and oxygen atoms in total. The van der Waals surface area contributed by atoms with Crippen molar-refractivity contribution in [3.8, 4) is 39.6 Å². The standard InChI is InChI=1S/C56H41N4O.Pt/c1-56(2,3)41-28-32-50-49(34-41)48-30-29-44(36-52(48)60(50)53-26-12-13-33-57-53)61-43-22-14-21-42(35-43)58-37-59(55-47-23-11-10-20-40(47)27-31-51(55)58)54-45(38-16-6-4-7-17-38)24-15-25-46(54)39-18-8-5-9-19-39;/h4-34,37H,1-3H3;/q-3;. The van der Waals surface area contributed by atoms with E-state index in [1.165, 1.54) is 10.9 Å². The van der Waals surface area contributed by atoms with Crippen molar-refractivity contribution in [1.29, 1.82) is 0 Å². The van der Waals surface area contributed by atoms with E-state index in [1.54, 1.807) is 0 Å². The van der Waals surface area contributed by atoms with Crippen molar-refractivity contribution in [2.24, 2.45) is 0 Å². The quantitative estimate of drug-likeness (QED) is 0.149. The van der Waals surface area contributed by atoms with Gasteiger partial charge in [-0.05, 0) is 57.1 Å². The number of para-hydroxylation sites is 1. The summed E-state index contributed by atoms with van der Waals surface area (Å²) < 4.78 is 8.85. The third-order valence-electron chi connectivity index (χ3n) is 11.7. The minimum absolute atomic E-state index is 0. The van der Waals surface area contributed by atoms with E-state index < -0.39 is 0 Å². The summed E-state index contributed by atoms with van der Waals surface area (Å²) >= 11 is 0. The van der Waals surface area contributed by atoms with Crippen molar-refractivity contribution >= 4 is 55.3 Å². The Bertz CT molecular complexity index is 3190. The van der Waals surface area contributed by atoms with Crippen molar-refractivity contribution in [3.63, 3.8) is 0 Å². The van der Waals surface area contributed by atoms with Crippen molar-refractivity contribution in [1.82, 2.24) is 9.55 Å². The molecule has 0 saturated heterocycles. The fourth-order valence-corrected chi connectivity index (χ4v) is 8.72. The molecule has 0 amide bonds. The van der Waals surface area contributed by atoms with Gasteiger partial charge in [0.2, 0.25) is 0 Å². The van der Waals surface area contributed by atoms with Crippen LogP contribution in [0, 0.1) is 18.8 Å². The van der Waals surface area contributed by atoms with E-state index in [0.29, 0.717) is 11.5 Å². The van der Waals surface area contributed by atoms with E-state index in [0.717, 1.165) is 78.0 Å². The number of anilines is 4. The summed E-state index contributed by atoms with van der Waals surface area (Å²) in [5.41, 5.74) is 12.0. The molecule has 0 fully saturated rings. The van der Waals surface area contributed by atoms with Gasteiger partial charge in [-0.25, -0.2) is 4.98 Å². The van der Waals surface area contributed by atoms with Crippen molar-refractivity contribution in [2.45, 2.75) is 26.2 Å². The zero-order valence-corrected chi connectivity index (χ0v) is 36.8. The minimum Gasteiger partial charge on any atom is -0.509 e. The number of aromatic nitrogens is 2. The Morgan fingerprint density at radius 3 is 1.97 bits per heavy atom. The molecule has 0 saturated carbocycles. The van der Waals surface area contributed by atoms with Crippen LogP contribution in [0.3, 0.4) is 0 Å². The van der Waals surface area contributed by atoms with Gasteiger partial charge in [0, 0.05) is 77.9 Å². The summed E-state index contributed by atoms with van der Waals surface area (Å²) in [5.74, 6) is 2.02. The second kappa shape index (κ2) is 15.8. The Balaban J connectivity index is 0.00000458. The van der Waals surface area contributed by atoms with Crippen LogP contribution < -0.4 is 14.5 Å². The first kappa shape index (κ1) is 39.2. The zero-order valence-electron chi connectivity index (χ0n) is 34.5. The summed E-state index contributed by atoms with van der Waals surface area (Å²) in [6.07, 6.45) is 1.83. The van der Waals surface area contributed by atoms with Gasteiger partial charge in [-0.1, -0.05) is 154 Å². The maximum atomic E-state index is 6.68. The summed E-state index contributed by atoms with van der Waals surface area (Å²) in [6, 6.07) is 71.2. The molecular formula is C56H41N4OPt-3. The average molecular weight is 981 g/mol. The van der Waals surface area contributed by atoms with Gasteiger partial charge < -0.3 is 19.1 Å². The predicted octanol–water partition coefficient (Wildman–Crippen LogP) is 14.8. The summed E-state index contributed by atoms with van der Waals surface area (Å²) in [6.45, 7) is 8.95. The molecule has 3 heterocycles. The summed E-state index contributed by atoms with van der Waals surface area (Å²) in [7, 11) is 0. The number of pyridine rings is 1. The predicted molar refractivity (Wildman–Crippen MR) is 251 cm³/mol. The molecule has 10 aromatic rings. The van der Waals surface area contributed by atoms with Gasteiger partial charge in [0.15, 0.2) is 0 Å². The molecule has 2 aromatic heterocycles. The van der Waals surface area contributed by atoms with E-state index in [1.807, 2.05) is 42.6 Å². The number of ether oxygens (including phenoxy) is 1. The molecule has 0 radical (unpaired) electrons. The van der Waals surface area contributed by atoms with Crippen LogP contribution in [0.25, 0.3) is 60.6 Å². The SMILES string of the molecule is CC(C)(C)c1ccc2c(c1)c1ccc(Oc3[c-]c(N4[CH-]N(c5c(-c6ccccc6)cccc5-c5ccccc5)c5c4ccc4ccccc54)ccc3)[c-]c1n2-c1ccccn1.[Pt]. The van der Waals surface area contributed by atoms with Crippen LogP contribution in [0.4, 0.5) is 22.7 Å². The Morgan fingerprint density at radius 2 is 1.24 bits per heavy atom. The minimum atomic E-state index is 0. The molecule has 0 unspecified atom stereocenters. The number of nitrogens with zero attached hydrogens (tertiary/aromatic N) is 4. The molecule has 0 bridgehead atoms. The number of benzene rings is 8. The average Bonchev–Trinajstić information content (AvgIpc) is 3.85. The van der Waals surface area contributed by atoms with Crippen LogP contribution in [0.15, 0.2) is 188 Å². The first-order chi connectivity index (χ1) is 29.9. The first-order valence-corrected chi connectivity index (χ1v) is 20.7. The monoisotopic (exact) mass is 980 g/mol. The van der Waals surface area contributed by atoms with Gasteiger partial charge >= 0.3 is 0 Å². The van der Waals surface area contributed by atoms with E-state index in [9.17, 15) is 0 Å². The molecule has 0 atom stereocenters. The Labute approximate surface area is 376 Å². The summed E-state index contributed by atoms with van der Waals surface area (Å²) in [4.78, 5) is 9.35. The Kier molecular flexibility index (Phi) is 10.0. The molecule has 1 aliphatic rings. The number of rotatable bonds is 7. The molecule has 0 N–H and O–H groups in total. The topological polar surface area (TPSA) is 33.5 Å². The Morgan fingerprint density at radius 1 is 0.548 bits per heavy atom. The normalized spacial score (nSPS) is 12.5. The largest absolute Gasteiger partial charge is 0.509 e. The molecular weight excluding hydrogens is 940 g/mol. The molecule has 304 valence electrons. The van der Waals surface area contributed by atoms with Crippen LogP contribution in [-0.2, 0) is 26.5 Å². The maximum Gasteiger partial charge on any atom is 0.135 e. The molecule has 0 spiro atoms. The smallest absolute Gasteiger partial charge is 0.135 e. The molecule has 11 rings (SSSR count). The van der Waals surface area contributed by atoms with Crippen LogP contribution in [-0.4, -0.2) is 9.55 Å². The van der Waals surface area contributed by atoms with Crippen LogP contribution >= 0.6 is 0 Å². The number of hydrogen-bond acceptors (Lipinski definition) is 4. The second-order valence-electron chi connectivity index (χ2n) is 16.5. The van der Waals surface area contributed by atoms with Gasteiger partial charge in [-0.15, -0.1) is 48.1 Å². The molecule has 8 aromatic carbocycles. The molecule has 6 heteroatoms. The van der Waals surface area contributed by atoms with Gasteiger partial charge in [-0.3, -0.25) is 0 Å². The number of hydrogen-bond donors (Lipinski definition) is 0. The Hall–Kier alpha value is -6.94. The van der Waals surface area contributed by atoms with E-state index in [-0.39, 0.29) is 26.5 Å². The fourth-order valence-electron chi connectivity index (χ4n) is 8.72. The third kappa shape index (κ3) is 6.83. The van der Waals surface area contributed by atoms with Crippen LogP contribution in [0.2, 0.25) is 0 Å². The van der Waals surface area contributed by atoms with E-state index in [4.69, 9.17) is 9.72 Å². The van der Waals surface area contributed by atoms with Crippen LogP contribution in [0.1, 0.15) is 26.3 Å². The van der Waals surface area contributed by atoms with Gasteiger partial charge in [0.05, 0.1) is 0 Å². The van der Waals surface area contributed by atoms with E-state index >= 15 is 0 Å². The van der Waals surface area contributed by atoms with Gasteiger partial charge in [0.25, 0.3) is 0 Å². The second-order valence-corrected chi connectivity index (χ2v) is 16.5. The third-order valence-corrected chi connectivity index (χ3v) is 11.7. The van der Waals surface area contributed by atoms with Gasteiger partial charge in [-0.2, -0.15) is 12.1 Å². The first-order valence-electron chi connectivity index (χ1n) is 20.7. The zero-order chi connectivity index (χ0) is 41.1. The van der Waals surface area contributed by atoms with Crippen LogP contribution in [0.5, 0.6) is 11.5 Å². The molecule has 0 aliphatic carbocycles. The summed E-state index contributed by atoms with van der Waals surface area (Å²) in [5, 5.41) is 4.59. The van der Waals surface area contributed by atoms with E-state index in [2.05, 4.69) is 200 Å².